The van der Waals surface area contributed by atoms with E-state index in [0.29, 0.717) is 12.1 Å². The first-order valence-corrected chi connectivity index (χ1v) is 5.20. The molecule has 14 heavy (non-hydrogen) atoms. The van der Waals surface area contributed by atoms with Gasteiger partial charge < -0.3 is 9.88 Å². The summed E-state index contributed by atoms with van der Waals surface area (Å²) in [4.78, 5) is 4.21. The van der Waals surface area contributed by atoms with Crippen molar-refractivity contribution >= 4 is 0 Å². The summed E-state index contributed by atoms with van der Waals surface area (Å²) in [6.45, 7) is 7.07. The molecule has 0 saturated carbocycles. The van der Waals surface area contributed by atoms with Crippen molar-refractivity contribution in [3.8, 4) is 0 Å². The maximum atomic E-state index is 4.21. The van der Waals surface area contributed by atoms with Gasteiger partial charge in [0.05, 0.1) is 12.0 Å². The minimum absolute atomic E-state index is 0.329. The molecule has 0 spiro atoms. The molecule has 2 heterocycles. The van der Waals surface area contributed by atoms with Gasteiger partial charge in [0.2, 0.25) is 0 Å². The number of nitrogens with zero attached hydrogens (tertiary/aromatic N) is 2. The van der Waals surface area contributed by atoms with E-state index >= 15 is 0 Å². The van der Waals surface area contributed by atoms with Crippen molar-refractivity contribution in [2.24, 2.45) is 0 Å². The lowest BCUT2D eigenvalue weighted by Gasteiger charge is -2.16. The van der Waals surface area contributed by atoms with Crippen molar-refractivity contribution < 1.29 is 0 Å². The quantitative estimate of drug-likeness (QED) is 0.741. The molecule has 2 rings (SSSR count). The van der Waals surface area contributed by atoms with Gasteiger partial charge in [-0.2, -0.15) is 0 Å². The summed E-state index contributed by atoms with van der Waals surface area (Å²) in [6, 6.07) is 0.815. The van der Waals surface area contributed by atoms with E-state index < -0.39 is 0 Å². The van der Waals surface area contributed by atoms with Gasteiger partial charge in [-0.25, -0.2) is 4.98 Å². The predicted octanol–water partition coefficient (Wildman–Crippen LogP) is 2.05. The molecule has 1 aliphatic heterocycles. The fourth-order valence-corrected chi connectivity index (χ4v) is 1.98. The molecule has 76 valence electrons. The highest BCUT2D eigenvalue weighted by Crippen LogP contribution is 2.24. The fourth-order valence-electron chi connectivity index (χ4n) is 1.98. The van der Waals surface area contributed by atoms with Crippen molar-refractivity contribution in [2.75, 3.05) is 6.54 Å². The topological polar surface area (TPSA) is 29.9 Å². The van der Waals surface area contributed by atoms with E-state index in [4.69, 9.17) is 0 Å². The van der Waals surface area contributed by atoms with Crippen LogP contribution in [0.15, 0.2) is 25.2 Å². The molecular weight excluding hydrogens is 174 g/mol. The molecule has 1 aromatic heterocycles. The molecule has 0 bridgehead atoms. The van der Waals surface area contributed by atoms with Crippen molar-refractivity contribution in [3.05, 3.63) is 30.9 Å². The van der Waals surface area contributed by atoms with E-state index in [1.807, 2.05) is 18.6 Å². The van der Waals surface area contributed by atoms with Gasteiger partial charge in [-0.05, 0) is 26.3 Å². The van der Waals surface area contributed by atoms with E-state index in [0.717, 1.165) is 6.54 Å². The Bertz CT molecular complexity index is 310. The predicted molar refractivity (Wildman–Crippen MR) is 57.1 cm³/mol. The number of nitrogens with one attached hydrogen (secondary N) is 1. The Hall–Kier alpha value is -1.09. The molecule has 2 atom stereocenters. The number of allylic oxidation sites excluding steroid dienone is 1. The van der Waals surface area contributed by atoms with Crippen LogP contribution in [0.25, 0.3) is 0 Å². The third-order valence-electron chi connectivity index (χ3n) is 2.89. The monoisotopic (exact) mass is 191 g/mol. The maximum absolute atomic E-state index is 4.21. The molecular formula is C11H17N3. The number of hydrogen-bond donors (Lipinski definition) is 1. The van der Waals surface area contributed by atoms with Crippen LogP contribution in [0.2, 0.25) is 0 Å². The highest BCUT2D eigenvalue weighted by atomic mass is 15.1. The van der Waals surface area contributed by atoms with Crippen molar-refractivity contribution in [1.29, 1.82) is 0 Å². The fraction of sp³-hybridized carbons (Fsp3) is 0.545. The Morgan fingerprint density at radius 2 is 2.64 bits per heavy atom. The lowest BCUT2D eigenvalue weighted by atomic mass is 10.1. The third kappa shape index (κ3) is 1.60. The summed E-state index contributed by atoms with van der Waals surface area (Å²) < 4.78 is 2.19. The highest BCUT2D eigenvalue weighted by Gasteiger charge is 2.20. The molecule has 2 unspecified atom stereocenters. The Kier molecular flexibility index (Phi) is 2.68. The van der Waals surface area contributed by atoms with E-state index in [9.17, 15) is 0 Å². The maximum Gasteiger partial charge on any atom is 0.0954 e. The van der Waals surface area contributed by atoms with Gasteiger partial charge in [-0.15, -0.1) is 6.58 Å². The van der Waals surface area contributed by atoms with Crippen LogP contribution in [0.1, 0.15) is 37.5 Å². The van der Waals surface area contributed by atoms with Gasteiger partial charge in [0.25, 0.3) is 0 Å². The molecule has 1 aliphatic rings. The van der Waals surface area contributed by atoms with Crippen LogP contribution in [0.5, 0.6) is 0 Å². The first-order chi connectivity index (χ1) is 6.83. The van der Waals surface area contributed by atoms with Gasteiger partial charge in [0.15, 0.2) is 0 Å². The van der Waals surface area contributed by atoms with Crippen LogP contribution < -0.4 is 5.32 Å². The van der Waals surface area contributed by atoms with Gasteiger partial charge in [-0.3, -0.25) is 0 Å². The average molecular weight is 191 g/mol. The molecule has 0 radical (unpaired) electrons. The number of hydrogen-bond acceptors (Lipinski definition) is 2. The smallest absolute Gasteiger partial charge is 0.0954 e. The second-order valence-corrected chi connectivity index (χ2v) is 3.85. The summed E-state index contributed by atoms with van der Waals surface area (Å²) in [6.07, 6.45) is 8.28. The Morgan fingerprint density at radius 3 is 3.29 bits per heavy atom. The Morgan fingerprint density at radius 1 is 1.79 bits per heavy atom. The zero-order chi connectivity index (χ0) is 9.97. The molecule has 0 amide bonds. The third-order valence-corrected chi connectivity index (χ3v) is 2.89. The Balaban J connectivity index is 2.24. The van der Waals surface area contributed by atoms with Gasteiger partial charge in [0.1, 0.15) is 0 Å². The summed E-state index contributed by atoms with van der Waals surface area (Å²) in [5.74, 6) is 0. The van der Waals surface area contributed by atoms with E-state index in [-0.39, 0.29) is 0 Å². The zero-order valence-electron chi connectivity index (χ0n) is 8.61. The molecule has 0 aliphatic carbocycles. The largest absolute Gasteiger partial charge is 0.326 e. The van der Waals surface area contributed by atoms with Gasteiger partial charge in [-0.1, -0.05) is 6.08 Å². The molecule has 3 heteroatoms. The van der Waals surface area contributed by atoms with Gasteiger partial charge in [0, 0.05) is 18.3 Å². The van der Waals surface area contributed by atoms with Gasteiger partial charge >= 0.3 is 0 Å². The van der Waals surface area contributed by atoms with Crippen LogP contribution in [0.3, 0.4) is 0 Å². The minimum atomic E-state index is 0.329. The average Bonchev–Trinajstić information content (AvgIpc) is 2.85. The normalized spacial score (nSPS) is 23.6. The van der Waals surface area contributed by atoms with Crippen LogP contribution in [0, 0.1) is 0 Å². The molecule has 1 fully saturated rings. The first kappa shape index (κ1) is 9.46. The summed E-state index contributed by atoms with van der Waals surface area (Å²) in [7, 11) is 0. The molecule has 1 aromatic rings. The highest BCUT2D eigenvalue weighted by molar-refractivity contribution is 5.09. The summed E-state index contributed by atoms with van der Waals surface area (Å²) in [5.41, 5.74) is 1.29. The summed E-state index contributed by atoms with van der Waals surface area (Å²) in [5, 5.41) is 3.48. The Labute approximate surface area is 84.8 Å². The standard InChI is InChI=1S/C11H17N3/c1-3-9(2)14-8-12-7-11(14)10-5-4-6-13-10/h3,7-10,13H,1,4-6H2,2H3. The molecule has 0 aromatic carbocycles. The number of rotatable bonds is 3. The lowest BCUT2D eigenvalue weighted by Crippen LogP contribution is -2.17. The molecule has 1 saturated heterocycles. The van der Waals surface area contributed by atoms with E-state index in [1.54, 1.807) is 0 Å². The number of aromatic nitrogens is 2. The van der Waals surface area contributed by atoms with Crippen molar-refractivity contribution in [2.45, 2.75) is 31.8 Å². The van der Waals surface area contributed by atoms with Crippen LogP contribution in [-0.4, -0.2) is 16.1 Å². The SMILES string of the molecule is C=CC(C)n1cncc1C1CCCN1. The first-order valence-electron chi connectivity index (χ1n) is 5.20. The van der Waals surface area contributed by atoms with E-state index in [1.165, 1.54) is 18.5 Å². The van der Waals surface area contributed by atoms with E-state index in [2.05, 4.69) is 28.4 Å². The zero-order valence-corrected chi connectivity index (χ0v) is 8.61. The summed E-state index contributed by atoms with van der Waals surface area (Å²) >= 11 is 0. The van der Waals surface area contributed by atoms with Crippen LogP contribution in [0.4, 0.5) is 0 Å². The molecule has 1 N–H and O–H groups in total. The minimum Gasteiger partial charge on any atom is -0.326 e. The second-order valence-electron chi connectivity index (χ2n) is 3.85. The second kappa shape index (κ2) is 3.96. The van der Waals surface area contributed by atoms with Crippen molar-refractivity contribution in [1.82, 2.24) is 14.9 Å². The van der Waals surface area contributed by atoms with Crippen LogP contribution in [-0.2, 0) is 0 Å². The van der Waals surface area contributed by atoms with Crippen molar-refractivity contribution in [3.63, 3.8) is 0 Å². The number of imidazole rings is 1. The lowest BCUT2D eigenvalue weighted by molar-refractivity contribution is 0.547. The van der Waals surface area contributed by atoms with Crippen LogP contribution >= 0.6 is 0 Å². The molecule has 3 nitrogen and oxygen atoms in total.